The molecule has 5 rings (SSSR count). The Morgan fingerprint density at radius 3 is 2.92 bits per heavy atom. The van der Waals surface area contributed by atoms with Gasteiger partial charge >= 0.3 is 0 Å². The topological polar surface area (TPSA) is 72.5 Å². The molecule has 0 aliphatic heterocycles. The van der Waals surface area contributed by atoms with Crippen molar-refractivity contribution >= 4 is 22.0 Å². The molecule has 0 aliphatic carbocycles. The highest BCUT2D eigenvalue weighted by Gasteiger charge is 2.12. The van der Waals surface area contributed by atoms with Gasteiger partial charge in [0, 0.05) is 29.8 Å². The molecule has 0 spiro atoms. The molecule has 6 heteroatoms. The number of fused-ring (bicyclic) bond motifs is 2. The first-order valence-electron chi connectivity index (χ1n) is 7.59. The number of nitrogens with zero attached hydrogens (tertiary/aromatic N) is 4. The van der Waals surface area contributed by atoms with Gasteiger partial charge in [-0.05, 0) is 23.8 Å². The lowest BCUT2D eigenvalue weighted by Gasteiger charge is -2.00. The number of benzene rings is 1. The van der Waals surface area contributed by atoms with Crippen molar-refractivity contribution in [3.05, 3.63) is 55.2 Å². The Balaban J connectivity index is 1.70. The molecular formula is C18H13N5O. The Morgan fingerprint density at radius 1 is 1.08 bits per heavy atom. The summed E-state index contributed by atoms with van der Waals surface area (Å²) in [6, 6.07) is 10.1. The summed E-state index contributed by atoms with van der Waals surface area (Å²) in [5.74, 6) is 0. The Hall–Kier alpha value is -3.41. The summed E-state index contributed by atoms with van der Waals surface area (Å²) in [6.07, 6.45) is 7.32. The molecule has 116 valence electrons. The van der Waals surface area contributed by atoms with Gasteiger partial charge in [0.05, 0.1) is 23.6 Å². The van der Waals surface area contributed by atoms with Gasteiger partial charge in [0.2, 0.25) is 0 Å². The van der Waals surface area contributed by atoms with Crippen molar-refractivity contribution in [2.45, 2.75) is 0 Å². The van der Waals surface area contributed by atoms with E-state index in [0.29, 0.717) is 0 Å². The SMILES string of the molecule is Cn1cc(-c2ccc3occ(-c4ccc5cn[nH]c5c4)c3n2)cn1. The van der Waals surface area contributed by atoms with E-state index in [4.69, 9.17) is 9.40 Å². The van der Waals surface area contributed by atoms with E-state index in [1.54, 1.807) is 10.9 Å². The van der Waals surface area contributed by atoms with Crippen LogP contribution in [0.25, 0.3) is 44.4 Å². The lowest BCUT2D eigenvalue weighted by Crippen LogP contribution is -1.85. The number of aromatic nitrogens is 5. The molecule has 0 atom stereocenters. The third-order valence-corrected chi connectivity index (χ3v) is 4.17. The van der Waals surface area contributed by atoms with Crippen LogP contribution in [-0.4, -0.2) is 25.0 Å². The van der Waals surface area contributed by atoms with E-state index in [-0.39, 0.29) is 0 Å². The number of furan rings is 1. The standard InChI is InChI=1S/C18H13N5O/c1-23-9-13(8-20-23)15-4-5-17-18(21-15)14(10-24-17)11-2-3-12-7-19-22-16(12)6-11/h2-10H,1H3,(H,19,22). The number of nitrogens with one attached hydrogen (secondary N) is 1. The summed E-state index contributed by atoms with van der Waals surface area (Å²) in [5, 5.41) is 12.4. The molecule has 4 aromatic heterocycles. The molecule has 0 radical (unpaired) electrons. The van der Waals surface area contributed by atoms with Gasteiger partial charge in [-0.1, -0.05) is 12.1 Å². The van der Waals surface area contributed by atoms with Gasteiger partial charge in [-0.25, -0.2) is 4.98 Å². The smallest absolute Gasteiger partial charge is 0.153 e. The molecule has 6 nitrogen and oxygen atoms in total. The van der Waals surface area contributed by atoms with Crippen molar-refractivity contribution < 1.29 is 4.42 Å². The Bertz CT molecular complexity index is 1180. The molecule has 5 aromatic rings. The number of rotatable bonds is 2. The minimum atomic E-state index is 0.766. The minimum Gasteiger partial charge on any atom is -0.462 e. The fraction of sp³-hybridized carbons (Fsp3) is 0.0556. The van der Waals surface area contributed by atoms with Crippen LogP contribution >= 0.6 is 0 Å². The van der Waals surface area contributed by atoms with Gasteiger partial charge in [-0.15, -0.1) is 0 Å². The third-order valence-electron chi connectivity index (χ3n) is 4.17. The maximum Gasteiger partial charge on any atom is 0.153 e. The fourth-order valence-electron chi connectivity index (χ4n) is 2.94. The molecule has 0 amide bonds. The van der Waals surface area contributed by atoms with Crippen LogP contribution in [0.5, 0.6) is 0 Å². The van der Waals surface area contributed by atoms with Crippen LogP contribution in [-0.2, 0) is 7.05 Å². The molecule has 0 bridgehead atoms. The summed E-state index contributed by atoms with van der Waals surface area (Å²) < 4.78 is 7.45. The first-order valence-corrected chi connectivity index (χ1v) is 7.59. The van der Waals surface area contributed by atoms with Gasteiger partial charge in [0.1, 0.15) is 11.8 Å². The molecule has 0 unspecified atom stereocenters. The number of pyridine rings is 1. The van der Waals surface area contributed by atoms with Crippen molar-refractivity contribution in [2.75, 3.05) is 0 Å². The first kappa shape index (κ1) is 13.1. The summed E-state index contributed by atoms with van der Waals surface area (Å²) in [4.78, 5) is 4.79. The Labute approximate surface area is 136 Å². The number of aryl methyl sites for hydroxylation is 1. The van der Waals surface area contributed by atoms with Gasteiger partial charge < -0.3 is 4.42 Å². The molecule has 1 aromatic carbocycles. The predicted molar refractivity (Wildman–Crippen MR) is 91.3 cm³/mol. The summed E-state index contributed by atoms with van der Waals surface area (Å²) in [7, 11) is 1.89. The zero-order valence-corrected chi connectivity index (χ0v) is 12.9. The van der Waals surface area contributed by atoms with Crippen LogP contribution in [0.2, 0.25) is 0 Å². The number of hydrogen-bond acceptors (Lipinski definition) is 4. The lowest BCUT2D eigenvalue weighted by molar-refractivity contribution is 0.616. The highest BCUT2D eigenvalue weighted by atomic mass is 16.3. The Kier molecular flexibility index (Phi) is 2.61. The van der Waals surface area contributed by atoms with Crippen LogP contribution in [0.1, 0.15) is 0 Å². The zero-order valence-electron chi connectivity index (χ0n) is 12.9. The molecule has 0 saturated carbocycles. The summed E-state index contributed by atoms with van der Waals surface area (Å²) >= 11 is 0. The number of H-pyrrole nitrogens is 1. The first-order chi connectivity index (χ1) is 11.8. The van der Waals surface area contributed by atoms with E-state index < -0.39 is 0 Å². The molecule has 4 heterocycles. The molecule has 1 N–H and O–H groups in total. The molecule has 24 heavy (non-hydrogen) atoms. The third kappa shape index (κ3) is 1.93. The van der Waals surface area contributed by atoms with Crippen molar-refractivity contribution in [1.29, 1.82) is 0 Å². The largest absolute Gasteiger partial charge is 0.462 e. The second-order valence-corrected chi connectivity index (χ2v) is 5.77. The highest BCUT2D eigenvalue weighted by molar-refractivity contribution is 5.94. The van der Waals surface area contributed by atoms with Crippen LogP contribution in [0.3, 0.4) is 0 Å². The summed E-state index contributed by atoms with van der Waals surface area (Å²) in [5.41, 5.74) is 6.47. The van der Waals surface area contributed by atoms with Crippen LogP contribution < -0.4 is 0 Å². The molecule has 0 fully saturated rings. The second-order valence-electron chi connectivity index (χ2n) is 5.77. The van der Waals surface area contributed by atoms with Crippen LogP contribution in [0.4, 0.5) is 0 Å². The zero-order chi connectivity index (χ0) is 16.1. The average Bonchev–Trinajstić information content (AvgIpc) is 3.32. The maximum absolute atomic E-state index is 5.68. The van der Waals surface area contributed by atoms with Crippen molar-refractivity contribution in [2.24, 2.45) is 7.05 Å². The van der Waals surface area contributed by atoms with E-state index >= 15 is 0 Å². The van der Waals surface area contributed by atoms with Gasteiger partial charge in [0.15, 0.2) is 5.58 Å². The molecule has 0 aliphatic rings. The quantitative estimate of drug-likeness (QED) is 0.538. The maximum atomic E-state index is 5.68. The van der Waals surface area contributed by atoms with Gasteiger partial charge in [-0.2, -0.15) is 10.2 Å². The lowest BCUT2D eigenvalue weighted by atomic mass is 10.1. The molecule has 0 saturated heterocycles. The van der Waals surface area contributed by atoms with Crippen molar-refractivity contribution in [3.8, 4) is 22.4 Å². The van der Waals surface area contributed by atoms with Gasteiger partial charge in [0.25, 0.3) is 0 Å². The Morgan fingerprint density at radius 2 is 2.04 bits per heavy atom. The summed E-state index contributed by atoms with van der Waals surface area (Å²) in [6.45, 7) is 0. The predicted octanol–water partition coefficient (Wildman–Crippen LogP) is 3.77. The fourth-order valence-corrected chi connectivity index (χ4v) is 2.94. The normalized spacial score (nSPS) is 11.5. The average molecular weight is 315 g/mol. The second kappa shape index (κ2) is 4.79. The van der Waals surface area contributed by atoms with Crippen molar-refractivity contribution in [3.63, 3.8) is 0 Å². The van der Waals surface area contributed by atoms with E-state index in [1.165, 1.54) is 0 Å². The van der Waals surface area contributed by atoms with Crippen LogP contribution in [0, 0.1) is 0 Å². The van der Waals surface area contributed by atoms with E-state index in [1.807, 2.05) is 43.8 Å². The highest BCUT2D eigenvalue weighted by Crippen LogP contribution is 2.32. The number of hydrogen-bond donors (Lipinski definition) is 1. The van der Waals surface area contributed by atoms with E-state index in [0.717, 1.165) is 44.4 Å². The monoisotopic (exact) mass is 315 g/mol. The van der Waals surface area contributed by atoms with Crippen LogP contribution in [0.15, 0.2) is 59.6 Å². The van der Waals surface area contributed by atoms with E-state index in [2.05, 4.69) is 27.4 Å². The van der Waals surface area contributed by atoms with Crippen molar-refractivity contribution in [1.82, 2.24) is 25.0 Å². The van der Waals surface area contributed by atoms with Gasteiger partial charge in [-0.3, -0.25) is 9.78 Å². The number of aromatic amines is 1. The van der Waals surface area contributed by atoms with E-state index in [9.17, 15) is 0 Å². The minimum absolute atomic E-state index is 0.766. The molecular weight excluding hydrogens is 302 g/mol.